The predicted octanol–water partition coefficient (Wildman–Crippen LogP) is 3.91. The van der Waals surface area contributed by atoms with Gasteiger partial charge < -0.3 is 9.75 Å². The molecule has 36 heavy (non-hydrogen) atoms. The molecule has 1 saturated carbocycles. The van der Waals surface area contributed by atoms with Crippen molar-refractivity contribution < 1.29 is 18.3 Å². The Balaban J connectivity index is 0.000000830. The smallest absolute Gasteiger partial charge is 0.279 e. The van der Waals surface area contributed by atoms with Gasteiger partial charge in [0.25, 0.3) is 6.43 Å². The lowest BCUT2D eigenvalue weighted by molar-refractivity contribution is -0.117. The lowest BCUT2D eigenvalue weighted by atomic mass is 10.0. The van der Waals surface area contributed by atoms with Crippen molar-refractivity contribution in [2.24, 2.45) is 16.8 Å². The lowest BCUT2D eigenvalue weighted by Crippen LogP contribution is -2.26. The minimum Gasteiger partial charge on any atom is -0.489 e. The van der Waals surface area contributed by atoms with E-state index in [0.29, 0.717) is 19.4 Å². The predicted molar refractivity (Wildman–Crippen MR) is 139 cm³/mol. The molecule has 1 aliphatic carbocycles. The van der Waals surface area contributed by atoms with E-state index in [-0.39, 0.29) is 11.7 Å². The average Bonchev–Trinajstić information content (AvgIpc) is 3.68. The van der Waals surface area contributed by atoms with E-state index in [1.54, 1.807) is 18.1 Å². The third-order valence-corrected chi connectivity index (χ3v) is 5.62. The van der Waals surface area contributed by atoms with Crippen molar-refractivity contribution in [1.29, 1.82) is 0 Å². The lowest BCUT2D eigenvalue weighted by Gasteiger charge is -2.21. The van der Waals surface area contributed by atoms with E-state index in [1.165, 1.54) is 12.1 Å². The van der Waals surface area contributed by atoms with Gasteiger partial charge in [-0.15, -0.1) is 0 Å². The molecule has 0 aliphatic heterocycles. The van der Waals surface area contributed by atoms with Crippen LogP contribution in [0.3, 0.4) is 0 Å². The molecule has 1 aliphatic rings. The molecule has 0 bridgehead atoms. The minimum absolute atomic E-state index is 0.0480. The highest BCUT2D eigenvalue weighted by molar-refractivity contribution is 5.52. The average molecular weight is 503 g/mol. The van der Waals surface area contributed by atoms with Crippen molar-refractivity contribution in [3.8, 4) is 5.75 Å². The van der Waals surface area contributed by atoms with Crippen LogP contribution in [0.15, 0.2) is 53.3 Å². The molecule has 4 N–H and O–H groups in total. The van der Waals surface area contributed by atoms with Crippen molar-refractivity contribution in [2.75, 3.05) is 19.1 Å². The van der Waals surface area contributed by atoms with Crippen LogP contribution < -0.4 is 21.4 Å². The first kappa shape index (κ1) is 28.7. The summed E-state index contributed by atoms with van der Waals surface area (Å²) in [5, 5.41) is 7.69. The molecule has 10 heteroatoms. The first-order chi connectivity index (χ1) is 17.1. The molecule has 2 aromatic carbocycles. The molecule has 0 atom stereocenters. The van der Waals surface area contributed by atoms with Crippen LogP contribution in [0, 0.1) is 13.8 Å². The van der Waals surface area contributed by atoms with Gasteiger partial charge in [0.15, 0.2) is 0 Å². The summed E-state index contributed by atoms with van der Waals surface area (Å²) in [5.41, 5.74) is 4.72. The number of para-hydroxylation sites is 1. The maximum absolute atomic E-state index is 13.6. The van der Waals surface area contributed by atoms with Crippen molar-refractivity contribution >= 4 is 18.8 Å². The van der Waals surface area contributed by atoms with E-state index in [4.69, 9.17) is 16.4 Å². The largest absolute Gasteiger partial charge is 0.489 e. The number of nitrogens with two attached hydrogens (primary N) is 2. The number of rotatable bonds is 11. The maximum Gasteiger partial charge on any atom is 0.279 e. The Labute approximate surface area is 211 Å². The molecule has 0 aromatic heterocycles. The number of allylic oxidation sites excluding steroid dienone is 2. The van der Waals surface area contributed by atoms with Crippen LogP contribution in [0.1, 0.15) is 35.1 Å². The maximum atomic E-state index is 13.6. The third kappa shape index (κ3) is 8.31. The molecule has 8 nitrogen and oxygen atoms in total. The van der Waals surface area contributed by atoms with Gasteiger partial charge in [-0.05, 0) is 61.9 Å². The zero-order chi connectivity index (χ0) is 26.8. The van der Waals surface area contributed by atoms with Crippen LogP contribution >= 0.6 is 0 Å². The van der Waals surface area contributed by atoms with Gasteiger partial charge in [0, 0.05) is 26.4 Å². The van der Waals surface area contributed by atoms with E-state index in [2.05, 4.69) is 11.8 Å². The van der Waals surface area contributed by atoms with Crippen molar-refractivity contribution in [1.82, 2.24) is 10.0 Å². The Morgan fingerprint density at radius 2 is 1.81 bits per heavy atom. The second-order valence-corrected chi connectivity index (χ2v) is 8.69. The number of alkyl halides is 2. The molecule has 1 fully saturated rings. The van der Waals surface area contributed by atoms with Gasteiger partial charge in [-0.1, -0.05) is 30.3 Å². The molecule has 0 radical (unpaired) electrons. The monoisotopic (exact) mass is 502 g/mol. The molecule has 3 rings (SSSR count). The fourth-order valence-corrected chi connectivity index (χ4v) is 3.58. The summed E-state index contributed by atoms with van der Waals surface area (Å²) in [6.45, 7) is 7.76. The topological polar surface area (TPSA) is 100 Å². The molecule has 196 valence electrons. The number of carbonyl (C=O) groups is 1. The van der Waals surface area contributed by atoms with Crippen LogP contribution in [0.4, 0.5) is 14.5 Å². The SMILES string of the molecule is C=NN(/C(=C\Cc1cc(C)c(OCc2ccccc2N(C)N)cc1C)C(F)F)C1CC1.CN(N)C=O. The molecule has 0 unspecified atom stereocenters. The Bertz CT molecular complexity index is 1050. The number of ether oxygens (including phenoxy) is 1. The Hall–Kier alpha value is -3.50. The van der Waals surface area contributed by atoms with E-state index in [1.807, 2.05) is 50.2 Å². The minimum atomic E-state index is -2.59. The van der Waals surface area contributed by atoms with E-state index in [0.717, 1.165) is 51.5 Å². The zero-order valence-electron chi connectivity index (χ0n) is 21.3. The number of hydrazone groups is 1. The molecule has 1 amide bonds. The number of hydrogen-bond donors (Lipinski definition) is 2. The van der Waals surface area contributed by atoms with Crippen LogP contribution in [0.5, 0.6) is 5.75 Å². The normalized spacial score (nSPS) is 13.0. The fraction of sp³-hybridized carbons (Fsp3) is 0.385. The quantitative estimate of drug-likeness (QED) is 0.159. The summed E-state index contributed by atoms with van der Waals surface area (Å²) < 4.78 is 33.2. The zero-order valence-corrected chi connectivity index (χ0v) is 21.3. The number of halogens is 2. The molecule has 0 heterocycles. The van der Waals surface area contributed by atoms with Crippen LogP contribution in [0.2, 0.25) is 0 Å². The first-order valence-electron chi connectivity index (χ1n) is 11.5. The van der Waals surface area contributed by atoms with Gasteiger partial charge in [0.2, 0.25) is 6.41 Å². The number of carbonyl (C=O) groups excluding carboxylic acids is 1. The highest BCUT2D eigenvalue weighted by Gasteiger charge is 2.33. The summed E-state index contributed by atoms with van der Waals surface area (Å²) in [6.07, 6.45) is 1.64. The Kier molecular flexibility index (Phi) is 10.8. The molecular weight excluding hydrogens is 466 g/mol. The van der Waals surface area contributed by atoms with Gasteiger partial charge >= 0.3 is 0 Å². The summed E-state index contributed by atoms with van der Waals surface area (Å²) >= 11 is 0. The standard InChI is InChI=1S/C24H30F2N4O.C2H6N2O/c1-16-14-23(31-15-19-7-5-6-8-21(19)29(4)27)17(2)13-18(16)9-12-22(24(25)26)30(28-3)20-10-11-20;1-4(3)2-5/h5-8,12-14,20,24H,3,9-11,15,27H2,1-2,4H3;2H,3H2,1H3/b22-12-;. The number of anilines is 1. The third-order valence-electron chi connectivity index (χ3n) is 5.62. The van der Waals surface area contributed by atoms with Crippen molar-refractivity contribution in [3.63, 3.8) is 0 Å². The highest BCUT2D eigenvalue weighted by Crippen LogP contribution is 2.33. The van der Waals surface area contributed by atoms with Crippen LogP contribution in [-0.4, -0.2) is 49.7 Å². The number of hydrazine groups is 2. The van der Waals surface area contributed by atoms with Gasteiger partial charge in [-0.25, -0.2) is 20.5 Å². The van der Waals surface area contributed by atoms with Crippen LogP contribution in [0.25, 0.3) is 0 Å². The van der Waals surface area contributed by atoms with Gasteiger partial charge in [-0.3, -0.25) is 14.8 Å². The second-order valence-electron chi connectivity index (χ2n) is 8.69. The van der Waals surface area contributed by atoms with Crippen molar-refractivity contribution in [3.05, 3.63) is 70.4 Å². The second kappa shape index (κ2) is 13.6. The molecule has 0 spiro atoms. The van der Waals surface area contributed by atoms with Gasteiger partial charge in [0.1, 0.15) is 12.4 Å². The molecule has 2 aromatic rings. The fourth-order valence-electron chi connectivity index (χ4n) is 3.58. The molecular formula is C26H36F2N6O2. The number of aryl methyl sites for hydroxylation is 2. The number of hydrogen-bond acceptors (Lipinski definition) is 7. The van der Waals surface area contributed by atoms with Crippen LogP contribution in [-0.2, 0) is 17.8 Å². The summed E-state index contributed by atoms with van der Waals surface area (Å²) in [5.74, 6) is 11.4. The van der Waals surface area contributed by atoms with E-state index < -0.39 is 6.43 Å². The van der Waals surface area contributed by atoms with E-state index in [9.17, 15) is 13.6 Å². The number of benzene rings is 2. The Morgan fingerprint density at radius 1 is 1.17 bits per heavy atom. The summed E-state index contributed by atoms with van der Waals surface area (Å²) in [6, 6.07) is 11.8. The van der Waals surface area contributed by atoms with Gasteiger partial charge in [-0.2, -0.15) is 5.10 Å². The summed E-state index contributed by atoms with van der Waals surface area (Å²) in [4.78, 5) is 9.31. The molecule has 0 saturated heterocycles. The van der Waals surface area contributed by atoms with Gasteiger partial charge in [0.05, 0.1) is 17.4 Å². The number of amides is 1. The first-order valence-corrected chi connectivity index (χ1v) is 11.5. The van der Waals surface area contributed by atoms with E-state index >= 15 is 0 Å². The number of nitrogens with zero attached hydrogens (tertiary/aromatic N) is 4. The summed E-state index contributed by atoms with van der Waals surface area (Å²) in [7, 11) is 3.25. The Morgan fingerprint density at radius 3 is 2.33 bits per heavy atom. The van der Waals surface area contributed by atoms with Crippen molar-refractivity contribution in [2.45, 2.75) is 52.2 Å². The highest BCUT2D eigenvalue weighted by atomic mass is 19.3.